The number of rotatable bonds is 5. The maximum Gasteiger partial charge on any atom is 0.305 e. The Balaban J connectivity index is 2.37. The van der Waals surface area contributed by atoms with E-state index < -0.39 is 0 Å². The van der Waals surface area contributed by atoms with Crippen molar-refractivity contribution in [2.45, 2.75) is 24.7 Å². The molecule has 0 spiro atoms. The average Bonchev–Trinajstić information content (AvgIpc) is 2.28. The zero-order valence-electron chi connectivity index (χ0n) is 9.66. The van der Waals surface area contributed by atoms with Crippen LogP contribution in [0.15, 0.2) is 23.1 Å². The third-order valence-corrected chi connectivity index (χ3v) is 3.47. The van der Waals surface area contributed by atoms with Gasteiger partial charge in [0.05, 0.1) is 7.11 Å². The number of ether oxygens (including phenoxy) is 1. The molecule has 0 fully saturated rings. The summed E-state index contributed by atoms with van der Waals surface area (Å²) >= 11 is 1.73. The van der Waals surface area contributed by atoms with E-state index in [0.29, 0.717) is 6.42 Å². The van der Waals surface area contributed by atoms with E-state index in [1.54, 1.807) is 11.8 Å². The fraction of sp³-hybridized carbons (Fsp3) is 0.417. The number of hydrogen-bond acceptors (Lipinski definition) is 4. The summed E-state index contributed by atoms with van der Waals surface area (Å²) < 4.78 is 4.58. The lowest BCUT2D eigenvalue weighted by molar-refractivity contribution is -0.140. The molecule has 0 bridgehead atoms. The Morgan fingerprint density at radius 1 is 1.50 bits per heavy atom. The van der Waals surface area contributed by atoms with E-state index in [0.717, 1.165) is 17.9 Å². The minimum atomic E-state index is -0.148. The molecular weight excluding hydrogens is 222 g/mol. The van der Waals surface area contributed by atoms with Crippen LogP contribution in [0.3, 0.4) is 0 Å². The van der Waals surface area contributed by atoms with Crippen molar-refractivity contribution in [3.05, 3.63) is 23.8 Å². The van der Waals surface area contributed by atoms with Crippen molar-refractivity contribution in [1.29, 1.82) is 0 Å². The van der Waals surface area contributed by atoms with Gasteiger partial charge in [-0.05, 0) is 36.8 Å². The highest BCUT2D eigenvalue weighted by Gasteiger charge is 2.02. The second-order valence-corrected chi connectivity index (χ2v) is 4.69. The Kier molecular flexibility index (Phi) is 5.19. The summed E-state index contributed by atoms with van der Waals surface area (Å²) in [5.41, 5.74) is 7.71. The fourth-order valence-electron chi connectivity index (χ4n) is 1.27. The van der Waals surface area contributed by atoms with Crippen LogP contribution in [0, 0.1) is 6.92 Å². The van der Waals surface area contributed by atoms with Gasteiger partial charge in [0.15, 0.2) is 0 Å². The Bertz CT molecular complexity index is 366. The highest BCUT2D eigenvalue weighted by molar-refractivity contribution is 7.99. The molecule has 1 rings (SSSR count). The minimum Gasteiger partial charge on any atom is -0.469 e. The molecule has 0 saturated carbocycles. The number of anilines is 1. The number of nitrogens with two attached hydrogens (primary N) is 1. The predicted molar refractivity (Wildman–Crippen MR) is 67.6 cm³/mol. The summed E-state index contributed by atoms with van der Waals surface area (Å²) in [7, 11) is 1.41. The number of thioether (sulfide) groups is 1. The van der Waals surface area contributed by atoms with Crippen molar-refractivity contribution in [3.63, 3.8) is 0 Å². The topological polar surface area (TPSA) is 52.3 Å². The van der Waals surface area contributed by atoms with Crippen molar-refractivity contribution in [3.8, 4) is 0 Å². The second kappa shape index (κ2) is 6.43. The maximum absolute atomic E-state index is 10.9. The molecule has 2 N–H and O–H groups in total. The van der Waals surface area contributed by atoms with Crippen molar-refractivity contribution >= 4 is 23.4 Å². The van der Waals surface area contributed by atoms with E-state index >= 15 is 0 Å². The van der Waals surface area contributed by atoms with Gasteiger partial charge in [0.2, 0.25) is 0 Å². The van der Waals surface area contributed by atoms with Crippen LogP contribution in [0.25, 0.3) is 0 Å². The number of hydrogen-bond donors (Lipinski definition) is 1. The molecule has 0 heterocycles. The molecule has 88 valence electrons. The molecule has 4 heteroatoms. The fourth-order valence-corrected chi connectivity index (χ4v) is 2.30. The lowest BCUT2D eigenvalue weighted by Crippen LogP contribution is -2.00. The number of esters is 1. The summed E-state index contributed by atoms with van der Waals surface area (Å²) in [5.74, 6) is 0.754. The summed E-state index contributed by atoms with van der Waals surface area (Å²) in [5, 5.41) is 0. The van der Waals surface area contributed by atoms with Gasteiger partial charge in [0, 0.05) is 17.0 Å². The predicted octanol–water partition coefficient (Wildman–Crippen LogP) is 2.62. The molecule has 0 aromatic heterocycles. The molecule has 16 heavy (non-hydrogen) atoms. The first-order valence-corrected chi connectivity index (χ1v) is 6.18. The molecule has 3 nitrogen and oxygen atoms in total. The zero-order valence-corrected chi connectivity index (χ0v) is 10.5. The Morgan fingerprint density at radius 3 is 2.94 bits per heavy atom. The first-order chi connectivity index (χ1) is 7.63. The van der Waals surface area contributed by atoms with Crippen LogP contribution in [-0.4, -0.2) is 18.8 Å². The normalized spacial score (nSPS) is 10.1. The van der Waals surface area contributed by atoms with Crippen LogP contribution in [0.5, 0.6) is 0 Å². The van der Waals surface area contributed by atoms with E-state index in [-0.39, 0.29) is 5.97 Å². The highest BCUT2D eigenvalue weighted by Crippen LogP contribution is 2.25. The molecule has 0 aliphatic heterocycles. The number of benzene rings is 1. The maximum atomic E-state index is 10.9. The molecule has 0 unspecified atom stereocenters. The van der Waals surface area contributed by atoms with Crippen LogP contribution in [0.1, 0.15) is 18.4 Å². The van der Waals surface area contributed by atoms with Gasteiger partial charge in [-0.15, -0.1) is 11.8 Å². The smallest absolute Gasteiger partial charge is 0.305 e. The van der Waals surface area contributed by atoms with Crippen LogP contribution in [0.2, 0.25) is 0 Å². The van der Waals surface area contributed by atoms with Gasteiger partial charge in [-0.1, -0.05) is 6.07 Å². The quantitative estimate of drug-likeness (QED) is 0.371. The van der Waals surface area contributed by atoms with Gasteiger partial charge in [-0.3, -0.25) is 4.79 Å². The SMILES string of the molecule is COC(=O)CCCSc1cc(N)ccc1C. The standard InChI is InChI=1S/C12H17NO2S/c1-9-5-6-10(13)8-11(9)16-7-3-4-12(14)15-2/h5-6,8H,3-4,7,13H2,1-2H3. The van der Waals surface area contributed by atoms with Gasteiger partial charge in [-0.2, -0.15) is 0 Å². The van der Waals surface area contributed by atoms with E-state index in [1.165, 1.54) is 17.6 Å². The number of carbonyl (C=O) groups excluding carboxylic acids is 1. The Hall–Kier alpha value is -1.16. The third kappa shape index (κ3) is 4.14. The van der Waals surface area contributed by atoms with E-state index in [2.05, 4.69) is 11.7 Å². The third-order valence-electron chi connectivity index (χ3n) is 2.22. The van der Waals surface area contributed by atoms with E-state index in [9.17, 15) is 4.79 Å². The van der Waals surface area contributed by atoms with Crippen molar-refractivity contribution < 1.29 is 9.53 Å². The monoisotopic (exact) mass is 239 g/mol. The lowest BCUT2D eigenvalue weighted by Gasteiger charge is -2.06. The van der Waals surface area contributed by atoms with Crippen molar-refractivity contribution in [2.75, 3.05) is 18.6 Å². The summed E-state index contributed by atoms with van der Waals surface area (Å²) in [4.78, 5) is 12.1. The largest absolute Gasteiger partial charge is 0.469 e. The lowest BCUT2D eigenvalue weighted by atomic mass is 10.2. The van der Waals surface area contributed by atoms with Crippen molar-refractivity contribution in [1.82, 2.24) is 0 Å². The molecule has 0 amide bonds. The Morgan fingerprint density at radius 2 is 2.25 bits per heavy atom. The van der Waals surface area contributed by atoms with Gasteiger partial charge < -0.3 is 10.5 Å². The highest BCUT2D eigenvalue weighted by atomic mass is 32.2. The second-order valence-electron chi connectivity index (χ2n) is 3.55. The number of nitrogen functional groups attached to an aromatic ring is 1. The van der Waals surface area contributed by atoms with Gasteiger partial charge in [-0.25, -0.2) is 0 Å². The molecule has 1 aromatic rings. The molecule has 1 aromatic carbocycles. The molecule has 0 saturated heterocycles. The van der Waals surface area contributed by atoms with Crippen molar-refractivity contribution in [2.24, 2.45) is 0 Å². The molecular formula is C12H17NO2S. The van der Waals surface area contributed by atoms with E-state index in [1.807, 2.05) is 18.2 Å². The number of aryl methyl sites for hydroxylation is 1. The Labute approximate surface area is 100 Å². The van der Waals surface area contributed by atoms with Crippen LogP contribution in [-0.2, 0) is 9.53 Å². The van der Waals surface area contributed by atoms with Crippen LogP contribution >= 0.6 is 11.8 Å². The summed E-state index contributed by atoms with van der Waals surface area (Å²) in [6.07, 6.45) is 1.30. The van der Waals surface area contributed by atoms with Gasteiger partial charge in [0.25, 0.3) is 0 Å². The number of carbonyl (C=O) groups is 1. The number of methoxy groups -OCH3 is 1. The summed E-state index contributed by atoms with van der Waals surface area (Å²) in [6.45, 7) is 2.06. The molecule has 0 atom stereocenters. The minimum absolute atomic E-state index is 0.148. The zero-order chi connectivity index (χ0) is 12.0. The molecule has 0 aliphatic rings. The van der Waals surface area contributed by atoms with Gasteiger partial charge in [0.1, 0.15) is 0 Å². The van der Waals surface area contributed by atoms with Crippen LogP contribution in [0.4, 0.5) is 5.69 Å². The van der Waals surface area contributed by atoms with Crippen LogP contribution < -0.4 is 5.73 Å². The summed E-state index contributed by atoms with van der Waals surface area (Å²) in [6, 6.07) is 5.88. The first kappa shape index (κ1) is 12.9. The average molecular weight is 239 g/mol. The molecule has 0 radical (unpaired) electrons. The molecule has 0 aliphatic carbocycles. The van der Waals surface area contributed by atoms with E-state index in [4.69, 9.17) is 5.73 Å². The van der Waals surface area contributed by atoms with Gasteiger partial charge >= 0.3 is 5.97 Å². The first-order valence-electron chi connectivity index (χ1n) is 5.19.